The molecule has 0 amide bonds. The van der Waals surface area contributed by atoms with E-state index in [1.807, 2.05) is 6.08 Å². The first-order chi connectivity index (χ1) is 6.27. The van der Waals surface area contributed by atoms with Gasteiger partial charge in [-0.3, -0.25) is 0 Å². The summed E-state index contributed by atoms with van der Waals surface area (Å²) in [4.78, 5) is 0. The van der Waals surface area contributed by atoms with E-state index in [0.29, 0.717) is 6.61 Å². The van der Waals surface area contributed by atoms with E-state index in [0.717, 1.165) is 24.4 Å². The quantitative estimate of drug-likeness (QED) is 0.619. The van der Waals surface area contributed by atoms with Crippen LogP contribution < -0.4 is 0 Å². The maximum absolute atomic E-state index is 5.48. The molecule has 0 saturated carbocycles. The lowest BCUT2D eigenvalue weighted by Gasteiger charge is -2.17. The Bertz CT molecular complexity index is 249. The lowest BCUT2D eigenvalue weighted by atomic mass is 10.0. The van der Waals surface area contributed by atoms with Crippen molar-refractivity contribution in [1.82, 2.24) is 0 Å². The Morgan fingerprint density at radius 1 is 1.54 bits per heavy atom. The standard InChI is InChI=1S/C11H16O2/c1-4-7-13-10-6-5-9(2)8-11(10)12-3/h4,8H,1,5-7H2,2-3H3. The molecule has 0 aromatic heterocycles. The zero-order chi connectivity index (χ0) is 9.68. The van der Waals surface area contributed by atoms with Gasteiger partial charge in [-0.15, -0.1) is 0 Å². The summed E-state index contributed by atoms with van der Waals surface area (Å²) in [7, 11) is 1.67. The van der Waals surface area contributed by atoms with Crippen LogP contribution >= 0.6 is 0 Å². The molecule has 2 heteroatoms. The molecule has 0 fully saturated rings. The highest BCUT2D eigenvalue weighted by molar-refractivity contribution is 5.25. The highest BCUT2D eigenvalue weighted by Crippen LogP contribution is 2.24. The molecule has 0 radical (unpaired) electrons. The van der Waals surface area contributed by atoms with Gasteiger partial charge in [-0.1, -0.05) is 18.2 Å². The van der Waals surface area contributed by atoms with E-state index in [9.17, 15) is 0 Å². The van der Waals surface area contributed by atoms with Crippen molar-refractivity contribution in [2.75, 3.05) is 13.7 Å². The average molecular weight is 180 g/mol. The van der Waals surface area contributed by atoms with Crippen LogP contribution in [-0.4, -0.2) is 13.7 Å². The number of rotatable bonds is 4. The highest BCUT2D eigenvalue weighted by atomic mass is 16.5. The van der Waals surface area contributed by atoms with Gasteiger partial charge >= 0.3 is 0 Å². The lowest BCUT2D eigenvalue weighted by Crippen LogP contribution is -2.03. The molecular formula is C11H16O2. The molecule has 0 atom stereocenters. The monoisotopic (exact) mass is 180 g/mol. The smallest absolute Gasteiger partial charge is 0.156 e. The summed E-state index contributed by atoms with van der Waals surface area (Å²) in [6, 6.07) is 0. The van der Waals surface area contributed by atoms with Gasteiger partial charge in [0.25, 0.3) is 0 Å². The molecule has 0 aliphatic heterocycles. The van der Waals surface area contributed by atoms with Gasteiger partial charge in [0, 0.05) is 6.42 Å². The molecule has 2 nitrogen and oxygen atoms in total. The minimum Gasteiger partial charge on any atom is -0.493 e. The van der Waals surface area contributed by atoms with Crippen LogP contribution in [0.4, 0.5) is 0 Å². The van der Waals surface area contributed by atoms with Gasteiger partial charge in [-0.25, -0.2) is 0 Å². The summed E-state index contributed by atoms with van der Waals surface area (Å²) < 4.78 is 10.7. The van der Waals surface area contributed by atoms with E-state index in [1.54, 1.807) is 13.2 Å². The van der Waals surface area contributed by atoms with E-state index in [-0.39, 0.29) is 0 Å². The van der Waals surface area contributed by atoms with Crippen LogP contribution in [0.25, 0.3) is 0 Å². The number of allylic oxidation sites excluding steroid dienone is 3. The third-order valence-electron chi connectivity index (χ3n) is 1.99. The van der Waals surface area contributed by atoms with Crippen LogP contribution in [0, 0.1) is 0 Å². The van der Waals surface area contributed by atoms with Gasteiger partial charge in [0.2, 0.25) is 0 Å². The maximum atomic E-state index is 5.48. The fraction of sp³-hybridized carbons (Fsp3) is 0.455. The number of hydrogen-bond donors (Lipinski definition) is 0. The van der Waals surface area contributed by atoms with Crippen molar-refractivity contribution in [2.45, 2.75) is 19.8 Å². The first-order valence-electron chi connectivity index (χ1n) is 4.46. The predicted octanol–water partition coefficient (Wildman–Crippen LogP) is 2.79. The Hall–Kier alpha value is -1.18. The molecule has 0 N–H and O–H groups in total. The number of methoxy groups -OCH3 is 1. The summed E-state index contributed by atoms with van der Waals surface area (Å²) in [5.41, 5.74) is 1.34. The predicted molar refractivity (Wildman–Crippen MR) is 53.2 cm³/mol. The molecule has 72 valence electrons. The second kappa shape index (κ2) is 4.75. The minimum absolute atomic E-state index is 0.551. The molecular weight excluding hydrogens is 164 g/mol. The molecule has 1 aliphatic rings. The third kappa shape index (κ3) is 2.65. The lowest BCUT2D eigenvalue weighted by molar-refractivity contribution is 0.193. The molecule has 0 saturated heterocycles. The normalized spacial score (nSPS) is 16.6. The first kappa shape index (κ1) is 9.90. The van der Waals surface area contributed by atoms with E-state index in [1.165, 1.54) is 5.57 Å². The van der Waals surface area contributed by atoms with Crippen LogP contribution in [0.3, 0.4) is 0 Å². The van der Waals surface area contributed by atoms with E-state index in [4.69, 9.17) is 9.47 Å². The zero-order valence-electron chi connectivity index (χ0n) is 8.30. The van der Waals surface area contributed by atoms with Crippen LogP contribution in [0.15, 0.2) is 35.8 Å². The minimum atomic E-state index is 0.551. The molecule has 1 aliphatic carbocycles. The van der Waals surface area contributed by atoms with Gasteiger partial charge in [-0.2, -0.15) is 0 Å². The number of hydrogen-bond acceptors (Lipinski definition) is 2. The third-order valence-corrected chi connectivity index (χ3v) is 1.99. The Morgan fingerprint density at radius 3 is 2.92 bits per heavy atom. The van der Waals surface area contributed by atoms with Crippen LogP contribution in [0.1, 0.15) is 19.8 Å². The second-order valence-corrected chi connectivity index (χ2v) is 3.08. The Kier molecular flexibility index (Phi) is 3.62. The Morgan fingerprint density at radius 2 is 2.31 bits per heavy atom. The molecule has 0 heterocycles. The van der Waals surface area contributed by atoms with E-state index < -0.39 is 0 Å². The largest absolute Gasteiger partial charge is 0.493 e. The van der Waals surface area contributed by atoms with Gasteiger partial charge in [0.05, 0.1) is 7.11 Å². The summed E-state index contributed by atoms with van der Waals surface area (Å²) >= 11 is 0. The Balaban J connectivity index is 2.71. The number of ether oxygens (including phenoxy) is 2. The SMILES string of the molecule is C=CCOC1=C(OC)C=C(C)CC1. The molecule has 1 rings (SSSR count). The summed E-state index contributed by atoms with van der Waals surface area (Å²) in [6.45, 7) is 6.26. The second-order valence-electron chi connectivity index (χ2n) is 3.08. The van der Waals surface area contributed by atoms with Crippen molar-refractivity contribution in [1.29, 1.82) is 0 Å². The fourth-order valence-corrected chi connectivity index (χ4v) is 1.29. The van der Waals surface area contributed by atoms with E-state index >= 15 is 0 Å². The van der Waals surface area contributed by atoms with Crippen molar-refractivity contribution in [3.63, 3.8) is 0 Å². The fourth-order valence-electron chi connectivity index (χ4n) is 1.29. The highest BCUT2D eigenvalue weighted by Gasteiger charge is 2.12. The van der Waals surface area contributed by atoms with Crippen LogP contribution in [0.2, 0.25) is 0 Å². The van der Waals surface area contributed by atoms with Gasteiger partial charge in [0.15, 0.2) is 5.76 Å². The molecule has 0 aromatic rings. The van der Waals surface area contributed by atoms with Crippen molar-refractivity contribution in [3.8, 4) is 0 Å². The summed E-state index contributed by atoms with van der Waals surface area (Å²) in [5.74, 6) is 1.79. The first-order valence-corrected chi connectivity index (χ1v) is 4.46. The van der Waals surface area contributed by atoms with Gasteiger partial charge < -0.3 is 9.47 Å². The topological polar surface area (TPSA) is 18.5 Å². The molecule has 0 unspecified atom stereocenters. The molecule has 13 heavy (non-hydrogen) atoms. The van der Waals surface area contributed by atoms with Crippen molar-refractivity contribution in [2.24, 2.45) is 0 Å². The molecule has 0 spiro atoms. The van der Waals surface area contributed by atoms with Crippen molar-refractivity contribution < 1.29 is 9.47 Å². The summed E-state index contributed by atoms with van der Waals surface area (Å²) in [6.07, 6.45) is 5.76. The van der Waals surface area contributed by atoms with Crippen molar-refractivity contribution >= 4 is 0 Å². The van der Waals surface area contributed by atoms with Gasteiger partial charge in [0.1, 0.15) is 12.4 Å². The van der Waals surface area contributed by atoms with Gasteiger partial charge in [-0.05, 0) is 19.4 Å². The summed E-state index contributed by atoms with van der Waals surface area (Å²) in [5, 5.41) is 0. The van der Waals surface area contributed by atoms with Crippen molar-refractivity contribution in [3.05, 3.63) is 35.8 Å². The van der Waals surface area contributed by atoms with E-state index in [2.05, 4.69) is 13.5 Å². The zero-order valence-corrected chi connectivity index (χ0v) is 8.30. The van der Waals surface area contributed by atoms with Crippen LogP contribution in [-0.2, 0) is 9.47 Å². The average Bonchev–Trinajstić information content (AvgIpc) is 2.16. The van der Waals surface area contributed by atoms with Crippen LogP contribution in [0.5, 0.6) is 0 Å². The molecule has 0 bridgehead atoms. The maximum Gasteiger partial charge on any atom is 0.156 e. The molecule has 0 aromatic carbocycles. The Labute approximate surface area is 79.5 Å².